The van der Waals surface area contributed by atoms with E-state index >= 15 is 0 Å². The lowest BCUT2D eigenvalue weighted by Crippen LogP contribution is -1.99. The van der Waals surface area contributed by atoms with Crippen molar-refractivity contribution in [1.29, 1.82) is 0 Å². The van der Waals surface area contributed by atoms with Gasteiger partial charge in [0.05, 0.1) is 0 Å². The van der Waals surface area contributed by atoms with E-state index in [1.807, 2.05) is 26.0 Å². The van der Waals surface area contributed by atoms with Gasteiger partial charge in [0.1, 0.15) is 5.82 Å². The van der Waals surface area contributed by atoms with Gasteiger partial charge in [0, 0.05) is 0 Å². The van der Waals surface area contributed by atoms with Gasteiger partial charge in [-0.3, -0.25) is 0 Å². The van der Waals surface area contributed by atoms with Gasteiger partial charge in [-0.05, 0) is 53.5 Å². The van der Waals surface area contributed by atoms with E-state index in [0.717, 1.165) is 17.4 Å². The predicted octanol–water partition coefficient (Wildman–Crippen LogP) is 9.54. The van der Waals surface area contributed by atoms with Gasteiger partial charge in [-0.2, -0.15) is 0 Å². The second-order valence-corrected chi connectivity index (χ2v) is 8.56. The summed E-state index contributed by atoms with van der Waals surface area (Å²) < 4.78 is 12.9. The molecular formula is C28H41F. The molecule has 160 valence electrons. The van der Waals surface area contributed by atoms with Gasteiger partial charge in [0.15, 0.2) is 0 Å². The third kappa shape index (κ3) is 8.33. The lowest BCUT2D eigenvalue weighted by atomic mass is 9.90. The Hall–Kier alpha value is -1.63. The quantitative estimate of drug-likeness (QED) is 0.443. The van der Waals surface area contributed by atoms with Crippen LogP contribution in [-0.2, 0) is 0 Å². The maximum atomic E-state index is 12.9. The Morgan fingerprint density at radius 1 is 0.586 bits per heavy atom. The van der Waals surface area contributed by atoms with Crippen molar-refractivity contribution in [3.63, 3.8) is 0 Å². The van der Waals surface area contributed by atoms with Crippen molar-refractivity contribution >= 4 is 0 Å². The normalized spacial score (nSPS) is 17.9. The van der Waals surface area contributed by atoms with E-state index in [2.05, 4.69) is 31.2 Å². The van der Waals surface area contributed by atoms with Crippen molar-refractivity contribution in [3.8, 4) is 11.1 Å². The molecule has 4 rings (SSSR count). The third-order valence-electron chi connectivity index (χ3n) is 6.31. The average Bonchev–Trinajstić information content (AvgIpc) is 3.07. The molecular weight excluding hydrogens is 355 g/mol. The highest BCUT2D eigenvalue weighted by Gasteiger charge is 2.14. The van der Waals surface area contributed by atoms with Crippen LogP contribution in [0.5, 0.6) is 0 Å². The fourth-order valence-electron chi connectivity index (χ4n) is 4.51. The number of halogens is 1. The Balaban J connectivity index is 0.000000280. The average molecular weight is 397 g/mol. The van der Waals surface area contributed by atoms with E-state index in [1.165, 1.54) is 93.9 Å². The highest BCUT2D eigenvalue weighted by atomic mass is 19.1. The zero-order chi connectivity index (χ0) is 20.9. The molecule has 2 aliphatic rings. The molecule has 0 nitrogen and oxygen atoms in total. The fourth-order valence-corrected chi connectivity index (χ4v) is 4.51. The van der Waals surface area contributed by atoms with E-state index in [0.29, 0.717) is 0 Å². The summed E-state index contributed by atoms with van der Waals surface area (Å²) >= 11 is 0. The Bertz CT molecular complexity index is 642. The van der Waals surface area contributed by atoms with Crippen LogP contribution in [0.3, 0.4) is 0 Å². The van der Waals surface area contributed by atoms with Crippen LogP contribution < -0.4 is 0 Å². The lowest BCUT2D eigenvalue weighted by Gasteiger charge is -2.15. The molecule has 0 radical (unpaired) electrons. The van der Waals surface area contributed by atoms with Crippen molar-refractivity contribution in [2.45, 2.75) is 97.3 Å². The van der Waals surface area contributed by atoms with E-state index in [-0.39, 0.29) is 5.82 Å². The molecule has 2 saturated carbocycles. The number of hydrogen-bond acceptors (Lipinski definition) is 0. The van der Waals surface area contributed by atoms with E-state index in [4.69, 9.17) is 0 Å². The van der Waals surface area contributed by atoms with Gasteiger partial charge in [-0.15, -0.1) is 0 Å². The fraction of sp³-hybridized carbons (Fsp3) is 0.571. The maximum absolute atomic E-state index is 12.9. The van der Waals surface area contributed by atoms with Crippen LogP contribution in [0.4, 0.5) is 4.39 Å². The SMILES string of the molecule is CC.CC1CCCCC1.Fc1ccc(-c2ccc(C3CCCCCC3)cc2)cc1. The van der Waals surface area contributed by atoms with Crippen molar-refractivity contribution in [3.05, 3.63) is 59.9 Å². The Labute approximate surface area is 178 Å². The minimum atomic E-state index is -0.177. The maximum Gasteiger partial charge on any atom is 0.123 e. The highest BCUT2D eigenvalue weighted by Crippen LogP contribution is 2.32. The van der Waals surface area contributed by atoms with Crippen LogP contribution in [0, 0.1) is 11.7 Å². The minimum Gasteiger partial charge on any atom is -0.207 e. The first kappa shape index (κ1) is 23.6. The molecule has 0 heterocycles. The lowest BCUT2D eigenvalue weighted by molar-refractivity contribution is 0.385. The smallest absolute Gasteiger partial charge is 0.123 e. The second-order valence-electron chi connectivity index (χ2n) is 8.56. The van der Waals surface area contributed by atoms with Crippen LogP contribution in [0.25, 0.3) is 11.1 Å². The second kappa shape index (κ2) is 13.6. The molecule has 0 aromatic heterocycles. The molecule has 0 amide bonds. The molecule has 0 spiro atoms. The molecule has 0 atom stereocenters. The summed E-state index contributed by atoms with van der Waals surface area (Å²) in [6.45, 7) is 6.36. The van der Waals surface area contributed by atoms with Gasteiger partial charge < -0.3 is 0 Å². The summed E-state index contributed by atoms with van der Waals surface area (Å²) in [4.78, 5) is 0. The molecule has 1 heteroatoms. The van der Waals surface area contributed by atoms with Crippen LogP contribution in [0.15, 0.2) is 48.5 Å². The van der Waals surface area contributed by atoms with Crippen molar-refractivity contribution in [2.75, 3.05) is 0 Å². The Morgan fingerprint density at radius 3 is 1.45 bits per heavy atom. The zero-order valence-corrected chi connectivity index (χ0v) is 18.9. The summed E-state index contributed by atoms with van der Waals surface area (Å²) in [5.74, 6) is 1.59. The third-order valence-corrected chi connectivity index (χ3v) is 6.31. The summed E-state index contributed by atoms with van der Waals surface area (Å²) in [5.41, 5.74) is 3.72. The van der Waals surface area contributed by atoms with Crippen molar-refractivity contribution < 1.29 is 4.39 Å². The number of benzene rings is 2. The van der Waals surface area contributed by atoms with Gasteiger partial charge in [0.2, 0.25) is 0 Å². The van der Waals surface area contributed by atoms with Crippen LogP contribution in [0.1, 0.15) is 103 Å². The Kier molecular flexibility index (Phi) is 11.1. The summed E-state index contributed by atoms with van der Waals surface area (Å²) in [7, 11) is 0. The molecule has 29 heavy (non-hydrogen) atoms. The molecule has 0 unspecified atom stereocenters. The molecule has 2 aromatic carbocycles. The first-order chi connectivity index (χ1) is 14.2. The van der Waals surface area contributed by atoms with Crippen molar-refractivity contribution in [1.82, 2.24) is 0 Å². The molecule has 2 aliphatic carbocycles. The van der Waals surface area contributed by atoms with E-state index < -0.39 is 0 Å². The summed E-state index contributed by atoms with van der Waals surface area (Å²) in [6.07, 6.45) is 15.6. The number of hydrogen-bond donors (Lipinski definition) is 0. The van der Waals surface area contributed by atoms with Gasteiger partial charge in [-0.25, -0.2) is 4.39 Å². The van der Waals surface area contributed by atoms with Crippen LogP contribution in [-0.4, -0.2) is 0 Å². The molecule has 0 bridgehead atoms. The van der Waals surface area contributed by atoms with Gasteiger partial charge >= 0.3 is 0 Å². The first-order valence-corrected chi connectivity index (χ1v) is 12.1. The molecule has 0 N–H and O–H groups in total. The molecule has 2 fully saturated rings. The zero-order valence-electron chi connectivity index (χ0n) is 18.9. The largest absolute Gasteiger partial charge is 0.207 e. The van der Waals surface area contributed by atoms with Crippen LogP contribution in [0.2, 0.25) is 0 Å². The summed E-state index contributed by atoms with van der Waals surface area (Å²) in [5, 5.41) is 0. The molecule has 0 saturated heterocycles. The first-order valence-electron chi connectivity index (χ1n) is 12.1. The Morgan fingerprint density at radius 2 is 1.00 bits per heavy atom. The van der Waals surface area contributed by atoms with E-state index in [1.54, 1.807) is 0 Å². The van der Waals surface area contributed by atoms with Crippen molar-refractivity contribution in [2.24, 2.45) is 5.92 Å². The molecule has 2 aromatic rings. The van der Waals surface area contributed by atoms with Gasteiger partial charge in [0.25, 0.3) is 0 Å². The van der Waals surface area contributed by atoms with Crippen LogP contribution >= 0.6 is 0 Å². The monoisotopic (exact) mass is 396 g/mol. The molecule has 0 aliphatic heterocycles. The standard InChI is InChI=1S/C19H21F.C7H14.C2H6/c20-19-13-11-18(12-14-19)17-9-7-16(8-10-17)15-5-3-1-2-4-6-15;1-7-5-3-2-4-6-7;1-2/h7-15H,1-6H2;7H,2-6H2,1H3;1-2H3. The summed E-state index contributed by atoms with van der Waals surface area (Å²) in [6, 6.07) is 15.6. The van der Waals surface area contributed by atoms with E-state index in [9.17, 15) is 4.39 Å². The minimum absolute atomic E-state index is 0.177. The number of rotatable bonds is 2. The predicted molar refractivity (Wildman–Crippen MR) is 126 cm³/mol. The highest BCUT2D eigenvalue weighted by molar-refractivity contribution is 5.63. The van der Waals surface area contributed by atoms with Gasteiger partial charge in [-0.1, -0.05) is 115 Å². The topological polar surface area (TPSA) is 0 Å².